The van der Waals surface area contributed by atoms with Crippen LogP contribution in [-0.4, -0.2) is 26.2 Å². The Morgan fingerprint density at radius 1 is 1.56 bits per heavy atom. The largest absolute Gasteiger partial charge is 0.495 e. The second-order valence-electron chi connectivity index (χ2n) is 4.36. The fourth-order valence-corrected chi connectivity index (χ4v) is 2.01. The Bertz CT molecular complexity index is 428. The Morgan fingerprint density at radius 2 is 2.39 bits per heavy atom. The molecule has 3 N–H and O–H groups in total. The van der Waals surface area contributed by atoms with Crippen LogP contribution in [0.5, 0.6) is 5.75 Å². The van der Waals surface area contributed by atoms with Crippen LogP contribution in [0.2, 0.25) is 0 Å². The van der Waals surface area contributed by atoms with Gasteiger partial charge in [-0.25, -0.2) is 0 Å². The van der Waals surface area contributed by atoms with Crippen LogP contribution >= 0.6 is 0 Å². The third kappa shape index (κ3) is 2.92. The summed E-state index contributed by atoms with van der Waals surface area (Å²) in [5, 5.41) is 2.85. The number of hydrogen-bond acceptors (Lipinski definition) is 4. The number of hydrogen-bond donors (Lipinski definition) is 2. The van der Waals surface area contributed by atoms with Crippen molar-refractivity contribution in [3.05, 3.63) is 18.2 Å². The summed E-state index contributed by atoms with van der Waals surface area (Å²) in [6.45, 7) is 1.22. The average molecular weight is 250 g/mol. The maximum absolute atomic E-state index is 12.1. The maximum atomic E-state index is 12.1. The Hall–Kier alpha value is -1.75. The van der Waals surface area contributed by atoms with Crippen molar-refractivity contribution < 1.29 is 14.3 Å². The first-order chi connectivity index (χ1) is 8.70. The van der Waals surface area contributed by atoms with E-state index in [-0.39, 0.29) is 11.8 Å². The van der Waals surface area contributed by atoms with Gasteiger partial charge in [-0.1, -0.05) is 0 Å². The molecule has 18 heavy (non-hydrogen) atoms. The smallest absolute Gasteiger partial charge is 0.229 e. The molecule has 0 radical (unpaired) electrons. The lowest BCUT2D eigenvalue weighted by atomic mass is 10.0. The summed E-state index contributed by atoms with van der Waals surface area (Å²) in [6.07, 6.45) is 1.78. The summed E-state index contributed by atoms with van der Waals surface area (Å²) in [6, 6.07) is 5.17. The molecular formula is C13H18N2O3. The van der Waals surface area contributed by atoms with Crippen LogP contribution in [0.1, 0.15) is 12.8 Å². The highest BCUT2D eigenvalue weighted by atomic mass is 16.5. The van der Waals surface area contributed by atoms with Gasteiger partial charge in [0.1, 0.15) is 5.75 Å². The van der Waals surface area contributed by atoms with E-state index in [0.29, 0.717) is 23.7 Å². The minimum atomic E-state index is -0.0927. The van der Waals surface area contributed by atoms with Crippen molar-refractivity contribution in [1.29, 1.82) is 0 Å². The molecule has 1 aromatic carbocycles. The molecule has 98 valence electrons. The topological polar surface area (TPSA) is 73.6 Å². The van der Waals surface area contributed by atoms with Gasteiger partial charge in [0.2, 0.25) is 5.91 Å². The van der Waals surface area contributed by atoms with Crippen LogP contribution in [0.25, 0.3) is 0 Å². The van der Waals surface area contributed by atoms with Crippen molar-refractivity contribution in [1.82, 2.24) is 0 Å². The summed E-state index contributed by atoms with van der Waals surface area (Å²) in [5.74, 6) is 0.470. The molecule has 0 aromatic heterocycles. The van der Waals surface area contributed by atoms with Gasteiger partial charge in [0.05, 0.1) is 25.3 Å². The van der Waals surface area contributed by atoms with Gasteiger partial charge in [0.25, 0.3) is 0 Å². The molecule has 2 rings (SSSR count). The fourth-order valence-electron chi connectivity index (χ4n) is 2.01. The first kappa shape index (κ1) is 12.7. The van der Waals surface area contributed by atoms with Gasteiger partial charge in [-0.05, 0) is 31.0 Å². The number of ether oxygens (including phenoxy) is 2. The summed E-state index contributed by atoms with van der Waals surface area (Å²) in [4.78, 5) is 12.1. The second kappa shape index (κ2) is 5.73. The molecule has 1 aliphatic rings. The Kier molecular flexibility index (Phi) is 4.04. The van der Waals surface area contributed by atoms with E-state index < -0.39 is 0 Å². The standard InChI is InChI=1S/C13H18N2O3/c1-17-12-5-4-10(14)7-11(12)15-13(16)9-3-2-6-18-8-9/h4-5,7,9H,2-3,6,8,14H2,1H3,(H,15,16). The van der Waals surface area contributed by atoms with Crippen molar-refractivity contribution in [3.63, 3.8) is 0 Å². The van der Waals surface area contributed by atoms with E-state index in [0.717, 1.165) is 19.4 Å². The molecule has 5 heteroatoms. The molecule has 1 atom stereocenters. The Morgan fingerprint density at radius 3 is 3.06 bits per heavy atom. The number of nitrogens with two attached hydrogens (primary N) is 1. The lowest BCUT2D eigenvalue weighted by Gasteiger charge is -2.21. The van der Waals surface area contributed by atoms with Crippen molar-refractivity contribution in [2.24, 2.45) is 5.92 Å². The predicted octanol–water partition coefficient (Wildman–Crippen LogP) is 1.64. The summed E-state index contributed by atoms with van der Waals surface area (Å²) in [5.41, 5.74) is 6.90. The van der Waals surface area contributed by atoms with E-state index in [9.17, 15) is 4.79 Å². The number of nitrogen functional groups attached to an aromatic ring is 1. The number of anilines is 2. The SMILES string of the molecule is COc1ccc(N)cc1NC(=O)C1CCCOC1. The zero-order valence-corrected chi connectivity index (χ0v) is 10.4. The van der Waals surface area contributed by atoms with E-state index in [2.05, 4.69) is 5.32 Å². The highest BCUT2D eigenvalue weighted by Gasteiger charge is 2.22. The number of benzene rings is 1. The van der Waals surface area contributed by atoms with Crippen LogP contribution in [0.15, 0.2) is 18.2 Å². The first-order valence-electron chi connectivity index (χ1n) is 6.03. The van der Waals surface area contributed by atoms with Crippen LogP contribution in [-0.2, 0) is 9.53 Å². The van der Waals surface area contributed by atoms with Gasteiger partial charge in [0.15, 0.2) is 0 Å². The lowest BCUT2D eigenvalue weighted by molar-refractivity contribution is -0.123. The highest BCUT2D eigenvalue weighted by molar-refractivity contribution is 5.94. The number of nitrogens with one attached hydrogen (secondary N) is 1. The van der Waals surface area contributed by atoms with Crippen molar-refractivity contribution in [2.45, 2.75) is 12.8 Å². The van der Waals surface area contributed by atoms with Gasteiger partial charge in [-0.2, -0.15) is 0 Å². The average Bonchev–Trinajstić information content (AvgIpc) is 2.40. The molecule has 0 saturated carbocycles. The zero-order chi connectivity index (χ0) is 13.0. The minimum absolute atomic E-state index is 0.0430. The van der Waals surface area contributed by atoms with Crippen LogP contribution in [0, 0.1) is 5.92 Å². The third-order valence-electron chi connectivity index (χ3n) is 3.01. The van der Waals surface area contributed by atoms with Gasteiger partial charge in [-0.3, -0.25) is 4.79 Å². The predicted molar refractivity (Wildman–Crippen MR) is 69.6 cm³/mol. The lowest BCUT2D eigenvalue weighted by Crippen LogP contribution is -2.30. The number of rotatable bonds is 3. The molecule has 1 fully saturated rings. The van der Waals surface area contributed by atoms with E-state index in [1.54, 1.807) is 25.3 Å². The Labute approximate surface area is 106 Å². The van der Waals surface area contributed by atoms with Crippen molar-refractivity contribution >= 4 is 17.3 Å². The van der Waals surface area contributed by atoms with E-state index in [4.69, 9.17) is 15.2 Å². The molecular weight excluding hydrogens is 232 g/mol. The third-order valence-corrected chi connectivity index (χ3v) is 3.01. The number of carbonyl (C=O) groups excluding carboxylic acids is 1. The van der Waals surface area contributed by atoms with Crippen LogP contribution < -0.4 is 15.8 Å². The van der Waals surface area contributed by atoms with Crippen molar-refractivity contribution in [3.8, 4) is 5.75 Å². The molecule has 0 bridgehead atoms. The minimum Gasteiger partial charge on any atom is -0.495 e. The summed E-state index contributed by atoms with van der Waals surface area (Å²) < 4.78 is 10.5. The second-order valence-corrected chi connectivity index (χ2v) is 4.36. The van der Waals surface area contributed by atoms with Crippen molar-refractivity contribution in [2.75, 3.05) is 31.4 Å². The van der Waals surface area contributed by atoms with Gasteiger partial charge < -0.3 is 20.5 Å². The van der Waals surface area contributed by atoms with E-state index in [1.165, 1.54) is 0 Å². The van der Waals surface area contributed by atoms with Crippen LogP contribution in [0.3, 0.4) is 0 Å². The van der Waals surface area contributed by atoms with E-state index >= 15 is 0 Å². The number of amides is 1. The maximum Gasteiger partial charge on any atom is 0.229 e. The molecule has 1 aromatic rings. The molecule has 1 aliphatic heterocycles. The monoisotopic (exact) mass is 250 g/mol. The summed E-state index contributed by atoms with van der Waals surface area (Å²) in [7, 11) is 1.56. The molecule has 1 heterocycles. The quantitative estimate of drug-likeness (QED) is 0.800. The molecule has 1 unspecified atom stereocenters. The molecule has 5 nitrogen and oxygen atoms in total. The van der Waals surface area contributed by atoms with Gasteiger partial charge in [0, 0.05) is 12.3 Å². The normalized spacial score (nSPS) is 19.3. The summed E-state index contributed by atoms with van der Waals surface area (Å²) >= 11 is 0. The molecule has 1 saturated heterocycles. The number of carbonyl (C=O) groups is 1. The zero-order valence-electron chi connectivity index (χ0n) is 10.4. The highest BCUT2D eigenvalue weighted by Crippen LogP contribution is 2.27. The molecule has 0 aliphatic carbocycles. The van der Waals surface area contributed by atoms with E-state index in [1.807, 2.05) is 0 Å². The molecule has 1 amide bonds. The Balaban J connectivity index is 2.07. The first-order valence-corrected chi connectivity index (χ1v) is 6.03. The van der Waals surface area contributed by atoms with Gasteiger partial charge in [-0.15, -0.1) is 0 Å². The fraction of sp³-hybridized carbons (Fsp3) is 0.462. The number of methoxy groups -OCH3 is 1. The molecule has 0 spiro atoms. The van der Waals surface area contributed by atoms with Crippen LogP contribution in [0.4, 0.5) is 11.4 Å². The van der Waals surface area contributed by atoms with Gasteiger partial charge >= 0.3 is 0 Å².